The van der Waals surface area contributed by atoms with Crippen LogP contribution in [0.2, 0.25) is 0 Å². The van der Waals surface area contributed by atoms with Gasteiger partial charge >= 0.3 is 5.97 Å². The zero-order valence-electron chi connectivity index (χ0n) is 9.52. The number of nitrogens with one attached hydrogen (secondary N) is 1. The van der Waals surface area contributed by atoms with E-state index in [1.54, 1.807) is 0 Å². The third-order valence-electron chi connectivity index (χ3n) is 2.33. The molecule has 98 valence electrons. The maximum atomic E-state index is 10.9. The lowest BCUT2D eigenvalue weighted by Crippen LogP contribution is -2.06. The van der Waals surface area contributed by atoms with Crippen molar-refractivity contribution in [2.45, 2.75) is 0 Å². The van der Waals surface area contributed by atoms with Crippen LogP contribution < -0.4 is 11.1 Å². The van der Waals surface area contributed by atoms with Crippen LogP contribution in [-0.4, -0.2) is 16.1 Å². The first-order valence-electron chi connectivity index (χ1n) is 5.19. The lowest BCUT2D eigenvalue weighted by molar-refractivity contribution is 0.0690. The van der Waals surface area contributed by atoms with E-state index in [4.69, 9.17) is 10.8 Å². The Hall–Kier alpha value is -1.35. The number of carbonyl (C=O) groups is 1. The van der Waals surface area contributed by atoms with E-state index >= 15 is 0 Å². The van der Waals surface area contributed by atoms with Gasteiger partial charge in [0.15, 0.2) is 11.5 Å². The number of benzene rings is 1. The number of rotatable bonds is 3. The summed E-state index contributed by atoms with van der Waals surface area (Å²) in [5, 5.41) is 11.9. The zero-order valence-corrected chi connectivity index (χ0v) is 13.3. The number of pyridine rings is 1. The Balaban J connectivity index is 2.37. The lowest BCUT2D eigenvalue weighted by Gasteiger charge is -2.10. The first-order chi connectivity index (χ1) is 8.97. The van der Waals surface area contributed by atoms with Crippen molar-refractivity contribution in [1.82, 2.24) is 4.98 Å². The van der Waals surface area contributed by atoms with Gasteiger partial charge in [0.1, 0.15) is 0 Å². The van der Waals surface area contributed by atoms with Gasteiger partial charge in [0, 0.05) is 8.04 Å². The van der Waals surface area contributed by atoms with E-state index in [1.807, 2.05) is 18.2 Å². The first kappa shape index (κ1) is 14.1. The summed E-state index contributed by atoms with van der Waals surface area (Å²) in [4.78, 5) is 14.9. The maximum Gasteiger partial charge on any atom is 0.354 e. The van der Waals surface area contributed by atoms with Gasteiger partial charge in [-0.05, 0) is 68.9 Å². The Morgan fingerprint density at radius 2 is 2.11 bits per heavy atom. The summed E-state index contributed by atoms with van der Waals surface area (Å²) in [5.41, 5.74) is 6.88. The number of nitrogens with two attached hydrogens (primary N) is 1. The number of aromatic carboxylic acids is 1. The van der Waals surface area contributed by atoms with Crippen molar-refractivity contribution >= 4 is 61.7 Å². The normalized spacial score (nSPS) is 10.2. The summed E-state index contributed by atoms with van der Waals surface area (Å²) in [6.45, 7) is 0. The molecular weight excluding hydrogens is 425 g/mol. The number of hydrogen-bond donors (Lipinski definition) is 3. The third kappa shape index (κ3) is 3.35. The van der Waals surface area contributed by atoms with Crippen LogP contribution in [0.3, 0.4) is 0 Å². The molecule has 7 heteroatoms. The minimum atomic E-state index is -1.09. The number of aromatic nitrogens is 1. The molecule has 1 aromatic heterocycles. The van der Waals surface area contributed by atoms with Crippen molar-refractivity contribution in [1.29, 1.82) is 0 Å². The predicted octanol–water partition coefficient (Wildman–Crippen LogP) is 3.47. The van der Waals surface area contributed by atoms with Gasteiger partial charge in [-0.25, -0.2) is 9.78 Å². The molecule has 4 N–H and O–H groups in total. The molecule has 0 saturated heterocycles. The summed E-state index contributed by atoms with van der Waals surface area (Å²) in [6, 6.07) is 8.59. The standard InChI is InChI=1S/C12H9BrIN3O2/c13-7-5-6(14)1-3-9(7)16-11-8(15)2-4-10(17-11)12(18)19/h1-5H,15H2,(H,16,17)(H,18,19). The van der Waals surface area contributed by atoms with E-state index in [0.717, 1.165) is 13.7 Å². The van der Waals surface area contributed by atoms with E-state index in [2.05, 4.69) is 48.8 Å². The van der Waals surface area contributed by atoms with Crippen molar-refractivity contribution in [3.05, 3.63) is 44.1 Å². The van der Waals surface area contributed by atoms with Gasteiger partial charge in [0.25, 0.3) is 0 Å². The molecule has 0 fully saturated rings. The molecule has 2 aromatic rings. The number of carboxylic acid groups (broad SMARTS) is 1. The van der Waals surface area contributed by atoms with Crippen LogP contribution in [0.5, 0.6) is 0 Å². The highest BCUT2D eigenvalue weighted by Gasteiger charge is 2.10. The predicted molar refractivity (Wildman–Crippen MR) is 85.8 cm³/mol. The Kier molecular flexibility index (Phi) is 4.25. The lowest BCUT2D eigenvalue weighted by atomic mass is 10.3. The van der Waals surface area contributed by atoms with Gasteiger partial charge < -0.3 is 16.2 Å². The Morgan fingerprint density at radius 3 is 2.74 bits per heavy atom. The van der Waals surface area contributed by atoms with Gasteiger partial charge in [0.05, 0.1) is 11.4 Å². The van der Waals surface area contributed by atoms with Crippen molar-refractivity contribution in [3.63, 3.8) is 0 Å². The number of halogens is 2. The summed E-state index contributed by atoms with van der Waals surface area (Å²) in [6.07, 6.45) is 0. The largest absolute Gasteiger partial charge is 0.477 e. The fourth-order valence-corrected chi connectivity index (χ4v) is 2.80. The van der Waals surface area contributed by atoms with Crippen molar-refractivity contribution in [2.24, 2.45) is 0 Å². The first-order valence-corrected chi connectivity index (χ1v) is 7.06. The number of anilines is 3. The molecule has 1 aromatic carbocycles. The highest BCUT2D eigenvalue weighted by atomic mass is 127. The van der Waals surface area contributed by atoms with Crippen LogP contribution in [0.1, 0.15) is 10.5 Å². The molecule has 0 radical (unpaired) electrons. The zero-order chi connectivity index (χ0) is 14.0. The molecule has 0 saturated carbocycles. The summed E-state index contributed by atoms with van der Waals surface area (Å²) < 4.78 is 1.93. The van der Waals surface area contributed by atoms with E-state index in [-0.39, 0.29) is 5.69 Å². The Morgan fingerprint density at radius 1 is 1.37 bits per heavy atom. The van der Waals surface area contributed by atoms with Gasteiger partial charge in [-0.1, -0.05) is 0 Å². The van der Waals surface area contributed by atoms with E-state index in [0.29, 0.717) is 11.5 Å². The SMILES string of the molecule is Nc1ccc(C(=O)O)nc1Nc1ccc(I)cc1Br. The minimum absolute atomic E-state index is 0.0571. The molecule has 0 amide bonds. The summed E-state index contributed by atoms with van der Waals surface area (Å²) in [7, 11) is 0. The number of hydrogen-bond acceptors (Lipinski definition) is 4. The highest BCUT2D eigenvalue weighted by Crippen LogP contribution is 2.29. The molecule has 0 aliphatic heterocycles. The molecule has 0 atom stereocenters. The molecule has 5 nitrogen and oxygen atoms in total. The van der Waals surface area contributed by atoms with Gasteiger partial charge in [0.2, 0.25) is 0 Å². The maximum absolute atomic E-state index is 10.9. The monoisotopic (exact) mass is 433 g/mol. The molecule has 0 bridgehead atoms. The quantitative estimate of drug-likeness (QED) is 0.645. The number of nitrogen functional groups attached to an aromatic ring is 1. The second-order valence-electron chi connectivity index (χ2n) is 3.69. The fourth-order valence-electron chi connectivity index (χ4n) is 1.41. The van der Waals surface area contributed by atoms with Crippen LogP contribution in [0.25, 0.3) is 0 Å². The average molecular weight is 434 g/mol. The van der Waals surface area contributed by atoms with Crippen molar-refractivity contribution < 1.29 is 9.90 Å². The van der Waals surface area contributed by atoms with Crippen molar-refractivity contribution in [3.8, 4) is 0 Å². The van der Waals surface area contributed by atoms with Gasteiger partial charge in [-0.2, -0.15) is 0 Å². The molecule has 0 unspecified atom stereocenters. The van der Waals surface area contributed by atoms with Crippen molar-refractivity contribution in [2.75, 3.05) is 11.1 Å². The van der Waals surface area contributed by atoms with E-state index in [9.17, 15) is 4.79 Å². The molecule has 2 rings (SSSR count). The molecule has 1 heterocycles. The average Bonchev–Trinajstić information content (AvgIpc) is 2.34. The van der Waals surface area contributed by atoms with Gasteiger partial charge in [-0.15, -0.1) is 0 Å². The van der Waals surface area contributed by atoms with Crippen LogP contribution in [0, 0.1) is 3.57 Å². The summed E-state index contributed by atoms with van der Waals surface area (Å²) >= 11 is 5.62. The smallest absolute Gasteiger partial charge is 0.354 e. The molecule has 0 aliphatic rings. The van der Waals surface area contributed by atoms with Crippen LogP contribution in [0.15, 0.2) is 34.8 Å². The summed E-state index contributed by atoms with van der Waals surface area (Å²) in [5.74, 6) is -0.772. The number of carboxylic acids is 1. The molecule has 19 heavy (non-hydrogen) atoms. The molecule has 0 aliphatic carbocycles. The van der Waals surface area contributed by atoms with Crippen LogP contribution in [-0.2, 0) is 0 Å². The van der Waals surface area contributed by atoms with E-state index < -0.39 is 5.97 Å². The topological polar surface area (TPSA) is 88.2 Å². The second-order valence-corrected chi connectivity index (χ2v) is 5.79. The minimum Gasteiger partial charge on any atom is -0.477 e. The fraction of sp³-hybridized carbons (Fsp3) is 0. The third-order valence-corrected chi connectivity index (χ3v) is 3.66. The van der Waals surface area contributed by atoms with Crippen LogP contribution in [0.4, 0.5) is 17.2 Å². The van der Waals surface area contributed by atoms with E-state index in [1.165, 1.54) is 12.1 Å². The van der Waals surface area contributed by atoms with Gasteiger partial charge in [-0.3, -0.25) is 0 Å². The Labute approximate surface area is 131 Å². The second kappa shape index (κ2) is 5.74. The molecule has 0 spiro atoms. The highest BCUT2D eigenvalue weighted by molar-refractivity contribution is 14.1. The van der Waals surface area contributed by atoms with Crippen LogP contribution >= 0.6 is 38.5 Å². The molecular formula is C12H9BrIN3O2. The number of nitrogens with zero attached hydrogens (tertiary/aromatic N) is 1. The Bertz CT molecular complexity index is 649.